The van der Waals surface area contributed by atoms with Crippen LogP contribution in [-0.2, 0) is 9.59 Å². The first-order chi connectivity index (χ1) is 6.90. The molecule has 0 saturated heterocycles. The van der Waals surface area contributed by atoms with Crippen molar-refractivity contribution >= 4 is 11.8 Å². The Balaban J connectivity index is 4.11. The van der Waals surface area contributed by atoms with Gasteiger partial charge in [0.2, 0.25) is 11.8 Å². The maximum atomic E-state index is 11.4. The molecule has 88 valence electrons. The minimum absolute atomic E-state index is 0.0376. The van der Waals surface area contributed by atoms with Gasteiger partial charge in [-0.05, 0) is 12.8 Å². The van der Waals surface area contributed by atoms with Crippen molar-refractivity contribution in [2.24, 2.45) is 11.7 Å². The Morgan fingerprint density at radius 2 is 1.93 bits per heavy atom. The number of amides is 2. The molecule has 0 fully saturated rings. The predicted octanol–water partition coefficient (Wildman–Crippen LogP) is -0.436. The largest absolute Gasteiger partial charge is 0.368 e. The highest BCUT2D eigenvalue weighted by atomic mass is 16.2. The number of hydrogen-bond acceptors (Lipinski definition) is 3. The van der Waals surface area contributed by atoms with E-state index < -0.39 is 11.9 Å². The Hall–Kier alpha value is -1.10. The Bertz CT molecular complexity index is 229. The van der Waals surface area contributed by atoms with Crippen molar-refractivity contribution < 1.29 is 9.59 Å². The molecular formula is C10H21N3O2. The van der Waals surface area contributed by atoms with Gasteiger partial charge in [-0.25, -0.2) is 0 Å². The van der Waals surface area contributed by atoms with E-state index in [9.17, 15) is 9.59 Å². The third-order valence-electron chi connectivity index (χ3n) is 2.35. The van der Waals surface area contributed by atoms with E-state index in [0.717, 1.165) is 0 Å². The molecular weight excluding hydrogens is 194 g/mol. The fourth-order valence-corrected chi connectivity index (χ4v) is 1.17. The van der Waals surface area contributed by atoms with Crippen LogP contribution in [0.15, 0.2) is 0 Å². The molecule has 0 aromatic carbocycles. The summed E-state index contributed by atoms with van der Waals surface area (Å²) in [6, 6.07) is -0.445. The van der Waals surface area contributed by atoms with Crippen molar-refractivity contribution in [3.63, 3.8) is 0 Å². The monoisotopic (exact) mass is 215 g/mol. The Morgan fingerprint density at radius 1 is 1.40 bits per heavy atom. The van der Waals surface area contributed by atoms with E-state index in [4.69, 9.17) is 5.73 Å². The summed E-state index contributed by atoms with van der Waals surface area (Å²) in [5, 5.41) is 2.87. The minimum Gasteiger partial charge on any atom is -0.368 e. The van der Waals surface area contributed by atoms with Crippen molar-refractivity contribution in [1.29, 1.82) is 0 Å². The predicted molar refractivity (Wildman–Crippen MR) is 59.1 cm³/mol. The SMILES string of the molecule is CCN(C)C(=O)CNC(C(N)=O)C(C)C. The molecule has 5 nitrogen and oxygen atoms in total. The molecule has 0 aliphatic carbocycles. The van der Waals surface area contributed by atoms with Crippen LogP contribution < -0.4 is 11.1 Å². The number of nitrogens with two attached hydrogens (primary N) is 1. The number of rotatable bonds is 6. The first kappa shape index (κ1) is 13.9. The standard InChI is InChI=1S/C10H21N3O2/c1-5-13(4)8(14)6-12-9(7(2)3)10(11)15/h7,9,12H,5-6H2,1-4H3,(H2,11,15). The number of hydrogen-bond donors (Lipinski definition) is 2. The van der Waals surface area contributed by atoms with Gasteiger partial charge in [-0.2, -0.15) is 0 Å². The molecule has 0 aliphatic heterocycles. The van der Waals surface area contributed by atoms with Crippen molar-refractivity contribution in [3.05, 3.63) is 0 Å². The Morgan fingerprint density at radius 3 is 2.27 bits per heavy atom. The van der Waals surface area contributed by atoms with Crippen LogP contribution in [0.4, 0.5) is 0 Å². The highest BCUT2D eigenvalue weighted by Gasteiger charge is 2.20. The van der Waals surface area contributed by atoms with Gasteiger partial charge in [-0.15, -0.1) is 0 Å². The summed E-state index contributed by atoms with van der Waals surface area (Å²) in [7, 11) is 1.72. The third kappa shape index (κ3) is 4.78. The third-order valence-corrected chi connectivity index (χ3v) is 2.35. The normalized spacial score (nSPS) is 12.6. The van der Waals surface area contributed by atoms with Gasteiger partial charge in [0.1, 0.15) is 0 Å². The zero-order valence-electron chi connectivity index (χ0n) is 9.91. The molecule has 3 N–H and O–H groups in total. The van der Waals surface area contributed by atoms with Crippen LogP contribution >= 0.6 is 0 Å². The molecule has 15 heavy (non-hydrogen) atoms. The number of carbonyl (C=O) groups excluding carboxylic acids is 2. The van der Waals surface area contributed by atoms with Crippen LogP contribution in [0.25, 0.3) is 0 Å². The van der Waals surface area contributed by atoms with Crippen LogP contribution in [0, 0.1) is 5.92 Å². The van der Waals surface area contributed by atoms with Crippen LogP contribution in [0.3, 0.4) is 0 Å². The molecule has 0 heterocycles. The lowest BCUT2D eigenvalue weighted by molar-refractivity contribution is -0.129. The number of nitrogens with zero attached hydrogens (tertiary/aromatic N) is 1. The van der Waals surface area contributed by atoms with E-state index >= 15 is 0 Å². The van der Waals surface area contributed by atoms with Crippen molar-refractivity contribution in [2.45, 2.75) is 26.8 Å². The van der Waals surface area contributed by atoms with E-state index in [1.165, 1.54) is 0 Å². The number of carbonyl (C=O) groups is 2. The van der Waals surface area contributed by atoms with E-state index in [1.54, 1.807) is 11.9 Å². The van der Waals surface area contributed by atoms with E-state index in [1.807, 2.05) is 20.8 Å². The van der Waals surface area contributed by atoms with E-state index in [0.29, 0.717) is 6.54 Å². The highest BCUT2D eigenvalue weighted by molar-refractivity contribution is 5.82. The maximum absolute atomic E-state index is 11.4. The summed E-state index contributed by atoms with van der Waals surface area (Å²) in [5.74, 6) is -0.372. The second-order valence-corrected chi connectivity index (χ2v) is 3.91. The Labute approximate surface area is 91.0 Å². The molecule has 0 aromatic heterocycles. The topological polar surface area (TPSA) is 75.4 Å². The Kier molecular flexibility index (Phi) is 5.93. The molecule has 0 aliphatic rings. The second kappa shape index (κ2) is 6.40. The average Bonchev–Trinajstić information content (AvgIpc) is 2.15. The average molecular weight is 215 g/mol. The lowest BCUT2D eigenvalue weighted by Gasteiger charge is -2.21. The fraction of sp³-hybridized carbons (Fsp3) is 0.800. The fourth-order valence-electron chi connectivity index (χ4n) is 1.17. The smallest absolute Gasteiger partial charge is 0.236 e. The molecule has 1 atom stereocenters. The number of nitrogens with one attached hydrogen (secondary N) is 1. The molecule has 0 saturated carbocycles. The lowest BCUT2D eigenvalue weighted by Crippen LogP contribution is -2.48. The van der Waals surface area contributed by atoms with Crippen molar-refractivity contribution in [3.8, 4) is 0 Å². The first-order valence-corrected chi connectivity index (χ1v) is 5.16. The van der Waals surface area contributed by atoms with Crippen LogP contribution in [0.2, 0.25) is 0 Å². The van der Waals surface area contributed by atoms with Crippen LogP contribution in [-0.4, -0.2) is 42.9 Å². The van der Waals surface area contributed by atoms with Gasteiger partial charge in [0.25, 0.3) is 0 Å². The van der Waals surface area contributed by atoms with Gasteiger partial charge in [-0.1, -0.05) is 13.8 Å². The van der Waals surface area contributed by atoms with Gasteiger partial charge >= 0.3 is 0 Å². The number of likely N-dealkylation sites (N-methyl/N-ethyl adjacent to an activating group) is 1. The zero-order valence-corrected chi connectivity index (χ0v) is 9.91. The number of primary amides is 1. The summed E-state index contributed by atoms with van der Waals surface area (Å²) in [4.78, 5) is 24.1. The molecule has 1 unspecified atom stereocenters. The van der Waals surface area contributed by atoms with E-state index in [2.05, 4.69) is 5.32 Å². The molecule has 0 radical (unpaired) electrons. The van der Waals surface area contributed by atoms with Crippen molar-refractivity contribution in [1.82, 2.24) is 10.2 Å². The molecule has 0 spiro atoms. The molecule has 0 bridgehead atoms. The minimum atomic E-state index is -0.445. The molecule has 0 rings (SSSR count). The lowest BCUT2D eigenvalue weighted by atomic mass is 10.0. The summed E-state index contributed by atoms with van der Waals surface area (Å²) in [5.41, 5.74) is 5.21. The van der Waals surface area contributed by atoms with Gasteiger partial charge in [-0.3, -0.25) is 14.9 Å². The first-order valence-electron chi connectivity index (χ1n) is 5.16. The summed E-state index contributed by atoms with van der Waals surface area (Å²) < 4.78 is 0. The maximum Gasteiger partial charge on any atom is 0.236 e. The van der Waals surface area contributed by atoms with Gasteiger partial charge in [0.05, 0.1) is 12.6 Å². The van der Waals surface area contributed by atoms with Gasteiger partial charge in [0, 0.05) is 13.6 Å². The zero-order chi connectivity index (χ0) is 12.0. The molecule has 5 heteroatoms. The quantitative estimate of drug-likeness (QED) is 0.631. The van der Waals surface area contributed by atoms with Gasteiger partial charge in [0.15, 0.2) is 0 Å². The van der Waals surface area contributed by atoms with Crippen LogP contribution in [0.1, 0.15) is 20.8 Å². The van der Waals surface area contributed by atoms with Crippen LogP contribution in [0.5, 0.6) is 0 Å². The summed E-state index contributed by atoms with van der Waals surface area (Å²) in [6.07, 6.45) is 0. The van der Waals surface area contributed by atoms with E-state index in [-0.39, 0.29) is 18.4 Å². The molecule has 0 aromatic rings. The summed E-state index contributed by atoms with van der Waals surface area (Å²) >= 11 is 0. The highest BCUT2D eigenvalue weighted by Crippen LogP contribution is 2.00. The summed E-state index contributed by atoms with van der Waals surface area (Å²) in [6.45, 7) is 6.47. The van der Waals surface area contributed by atoms with Crippen molar-refractivity contribution in [2.75, 3.05) is 20.1 Å². The van der Waals surface area contributed by atoms with Gasteiger partial charge < -0.3 is 10.6 Å². The molecule has 2 amide bonds. The second-order valence-electron chi connectivity index (χ2n) is 3.91.